The fourth-order valence-corrected chi connectivity index (χ4v) is 13.9. The van der Waals surface area contributed by atoms with Crippen LogP contribution < -0.4 is 10.6 Å². The largest absolute Gasteiger partial charge is 0.481 e. The summed E-state index contributed by atoms with van der Waals surface area (Å²) in [5, 5.41) is 26.4. The monoisotopic (exact) mass is 652 g/mol. The average Bonchev–Trinajstić information content (AvgIpc) is 3.38. The number of rotatable bonds is 7. The first-order chi connectivity index (χ1) is 21.8. The molecule has 6 aliphatic carbocycles. The van der Waals surface area contributed by atoms with E-state index < -0.39 is 16.8 Å². The number of fused-ring (bicyclic) bond motifs is 7. The molecular formula is C40H64N2O5. The van der Waals surface area contributed by atoms with Crippen molar-refractivity contribution in [3.05, 3.63) is 12.2 Å². The molecule has 0 bridgehead atoms. The molecule has 0 aromatic rings. The van der Waals surface area contributed by atoms with Gasteiger partial charge in [-0.1, -0.05) is 60.6 Å². The number of nitrogens with one attached hydrogen (secondary N) is 2. The predicted molar refractivity (Wildman–Crippen MR) is 184 cm³/mol. The Hall–Kier alpha value is -1.89. The standard InChI is InChI=1S/C40H64N2O5/c1-23(2)24-12-18-40(34(47)42-29-22-26(35(29,3)4)33(46)41-21-15-31(44)45)20-19-38(8)25(32(24)40)10-11-28-37(7)16-14-30(43)36(5,6)27(37)13-17-39(28,38)9/h24-30,32,43H,1,10-22H2,2-9H3,(H,41,46)(H,42,47)(H,44,45)/t24-,25?,26+,27-,28+,29+,30-,32+,37-,38+,39+,40-/m0/s1. The predicted octanol–water partition coefficient (Wildman–Crippen LogP) is 7.13. The highest BCUT2D eigenvalue weighted by Gasteiger charge is 2.72. The van der Waals surface area contributed by atoms with E-state index in [1.165, 1.54) is 31.3 Å². The van der Waals surface area contributed by atoms with E-state index in [1.807, 2.05) is 0 Å². The van der Waals surface area contributed by atoms with E-state index in [0.29, 0.717) is 30.1 Å². The minimum absolute atomic E-state index is 0.0597. The number of aliphatic hydroxyl groups excluding tert-OH is 1. The molecule has 7 heteroatoms. The minimum atomic E-state index is -0.924. The highest BCUT2D eigenvalue weighted by molar-refractivity contribution is 5.86. The summed E-state index contributed by atoms with van der Waals surface area (Å²) in [6.07, 6.45) is 11.0. The van der Waals surface area contributed by atoms with E-state index in [4.69, 9.17) is 5.11 Å². The van der Waals surface area contributed by atoms with Crippen molar-refractivity contribution < 1.29 is 24.6 Å². The van der Waals surface area contributed by atoms with Gasteiger partial charge in [-0.3, -0.25) is 14.4 Å². The van der Waals surface area contributed by atoms with Crippen molar-refractivity contribution in [3.8, 4) is 0 Å². The second-order valence-corrected chi connectivity index (χ2v) is 19.3. The lowest BCUT2D eigenvalue weighted by molar-refractivity contribution is -0.246. The lowest BCUT2D eigenvalue weighted by Gasteiger charge is -2.72. The van der Waals surface area contributed by atoms with Gasteiger partial charge in [0.15, 0.2) is 0 Å². The molecule has 0 aromatic heterocycles. The molecule has 0 aromatic carbocycles. The van der Waals surface area contributed by atoms with Crippen molar-refractivity contribution in [3.63, 3.8) is 0 Å². The molecule has 0 spiro atoms. The van der Waals surface area contributed by atoms with Gasteiger partial charge in [0.2, 0.25) is 11.8 Å². The topological polar surface area (TPSA) is 116 Å². The van der Waals surface area contributed by atoms with Gasteiger partial charge < -0.3 is 20.8 Å². The second-order valence-electron chi connectivity index (χ2n) is 19.3. The van der Waals surface area contributed by atoms with E-state index >= 15 is 0 Å². The van der Waals surface area contributed by atoms with E-state index in [0.717, 1.165) is 38.5 Å². The number of carboxylic acid groups (broad SMARTS) is 1. The van der Waals surface area contributed by atoms with Crippen LogP contribution in [0.25, 0.3) is 0 Å². The normalized spacial score (nSPS) is 47.6. The molecule has 47 heavy (non-hydrogen) atoms. The van der Waals surface area contributed by atoms with Crippen LogP contribution in [-0.2, 0) is 14.4 Å². The summed E-state index contributed by atoms with van der Waals surface area (Å²) >= 11 is 0. The Labute approximate surface area is 283 Å². The summed E-state index contributed by atoms with van der Waals surface area (Å²) in [6, 6.07) is -0.0778. The van der Waals surface area contributed by atoms with Gasteiger partial charge in [0, 0.05) is 18.5 Å². The summed E-state index contributed by atoms with van der Waals surface area (Å²) in [7, 11) is 0. The molecule has 1 unspecified atom stereocenters. The molecule has 12 atom stereocenters. The van der Waals surface area contributed by atoms with Crippen LogP contribution in [0.5, 0.6) is 0 Å². The molecule has 264 valence electrons. The van der Waals surface area contributed by atoms with Gasteiger partial charge in [-0.05, 0) is 134 Å². The Bertz CT molecular complexity index is 1320. The highest BCUT2D eigenvalue weighted by Crippen LogP contribution is 2.77. The molecule has 7 nitrogen and oxygen atoms in total. The number of amides is 2. The molecule has 6 fully saturated rings. The number of carbonyl (C=O) groups excluding carboxylic acids is 2. The number of carbonyl (C=O) groups is 3. The van der Waals surface area contributed by atoms with E-state index in [9.17, 15) is 19.5 Å². The molecular weight excluding hydrogens is 588 g/mol. The maximum atomic E-state index is 14.7. The van der Waals surface area contributed by atoms with Crippen LogP contribution in [0.15, 0.2) is 12.2 Å². The molecule has 6 rings (SSSR count). The van der Waals surface area contributed by atoms with Gasteiger partial charge in [-0.2, -0.15) is 0 Å². The quantitative estimate of drug-likeness (QED) is 0.219. The Balaban J connectivity index is 1.25. The maximum absolute atomic E-state index is 14.7. The SMILES string of the molecule is C=C(C)[C@@H]1CC[C@]2(C(=O)N[C@@H]3C[C@H](C(=O)NCCC(=O)O)C3(C)C)CC[C@]3(C)C(CC[C@@H]4[C@@]5(C)CC[C@H](O)C(C)(C)[C@@H]5CC[C@]43C)[C@@H]12. The second kappa shape index (κ2) is 11.3. The molecule has 0 saturated heterocycles. The number of hydrogen-bond acceptors (Lipinski definition) is 4. The third-order valence-corrected chi connectivity index (χ3v) is 17.0. The smallest absolute Gasteiger partial charge is 0.305 e. The Kier molecular flexibility index (Phi) is 8.42. The summed E-state index contributed by atoms with van der Waals surface area (Å²) < 4.78 is 0. The van der Waals surface area contributed by atoms with Crippen LogP contribution in [-0.4, -0.2) is 46.7 Å². The number of allylic oxidation sites excluding steroid dienone is 1. The van der Waals surface area contributed by atoms with Gasteiger partial charge in [0.1, 0.15) is 0 Å². The van der Waals surface area contributed by atoms with Crippen LogP contribution in [0.3, 0.4) is 0 Å². The van der Waals surface area contributed by atoms with Crippen molar-refractivity contribution in [2.45, 2.75) is 145 Å². The zero-order chi connectivity index (χ0) is 34.5. The molecule has 0 aliphatic heterocycles. The first-order valence-corrected chi connectivity index (χ1v) is 18.9. The van der Waals surface area contributed by atoms with Gasteiger partial charge in [-0.15, -0.1) is 0 Å². The lowest BCUT2D eigenvalue weighted by atomic mass is 9.32. The fourth-order valence-electron chi connectivity index (χ4n) is 13.9. The van der Waals surface area contributed by atoms with Gasteiger partial charge in [-0.25, -0.2) is 0 Å². The summed E-state index contributed by atoms with van der Waals surface area (Å²) in [4.78, 5) is 38.6. The van der Waals surface area contributed by atoms with Crippen LogP contribution in [0, 0.1) is 68.0 Å². The van der Waals surface area contributed by atoms with Crippen LogP contribution in [0.2, 0.25) is 0 Å². The van der Waals surface area contributed by atoms with Gasteiger partial charge in [0.25, 0.3) is 0 Å². The van der Waals surface area contributed by atoms with Crippen molar-refractivity contribution in [1.29, 1.82) is 0 Å². The van der Waals surface area contributed by atoms with Crippen LogP contribution in [0.4, 0.5) is 0 Å². The molecule has 6 saturated carbocycles. The Morgan fingerprint density at radius 3 is 2.15 bits per heavy atom. The zero-order valence-corrected chi connectivity index (χ0v) is 30.6. The Morgan fingerprint density at radius 2 is 1.51 bits per heavy atom. The third-order valence-electron chi connectivity index (χ3n) is 17.0. The lowest BCUT2D eigenvalue weighted by Crippen LogP contribution is -2.68. The Morgan fingerprint density at radius 1 is 0.809 bits per heavy atom. The summed E-state index contributed by atoms with van der Waals surface area (Å²) in [6.45, 7) is 23.4. The van der Waals surface area contributed by atoms with E-state index in [2.05, 4.69) is 72.6 Å². The van der Waals surface area contributed by atoms with Crippen LogP contribution >= 0.6 is 0 Å². The van der Waals surface area contributed by atoms with Crippen molar-refractivity contribution in [1.82, 2.24) is 10.6 Å². The molecule has 0 heterocycles. The molecule has 0 radical (unpaired) electrons. The molecule has 2 amide bonds. The fraction of sp³-hybridized carbons (Fsp3) is 0.875. The maximum Gasteiger partial charge on any atom is 0.305 e. The first-order valence-electron chi connectivity index (χ1n) is 18.9. The summed E-state index contributed by atoms with van der Waals surface area (Å²) in [5.74, 6) is 1.18. The van der Waals surface area contributed by atoms with E-state index in [1.54, 1.807) is 0 Å². The van der Waals surface area contributed by atoms with Crippen molar-refractivity contribution in [2.24, 2.45) is 68.0 Å². The third kappa shape index (κ3) is 4.84. The number of aliphatic carboxylic acids is 1. The zero-order valence-electron chi connectivity index (χ0n) is 30.6. The van der Waals surface area contributed by atoms with E-state index in [-0.39, 0.29) is 70.4 Å². The van der Waals surface area contributed by atoms with Crippen molar-refractivity contribution >= 4 is 17.8 Å². The number of aliphatic hydroxyl groups is 1. The van der Waals surface area contributed by atoms with Gasteiger partial charge in [0.05, 0.1) is 17.9 Å². The van der Waals surface area contributed by atoms with Crippen LogP contribution in [0.1, 0.15) is 132 Å². The number of hydrogen-bond donors (Lipinski definition) is 4. The number of carboxylic acids is 1. The first kappa shape index (κ1) is 35.0. The molecule has 4 N–H and O–H groups in total. The van der Waals surface area contributed by atoms with Gasteiger partial charge >= 0.3 is 5.97 Å². The summed E-state index contributed by atoms with van der Waals surface area (Å²) in [5.41, 5.74) is 0.932. The average molecular weight is 653 g/mol. The molecule has 6 aliphatic rings. The minimum Gasteiger partial charge on any atom is -0.481 e. The highest BCUT2D eigenvalue weighted by atomic mass is 16.4. The van der Waals surface area contributed by atoms with Crippen molar-refractivity contribution in [2.75, 3.05) is 6.54 Å².